The topological polar surface area (TPSA) is 41.1 Å². The van der Waals surface area contributed by atoms with Crippen molar-refractivity contribution in [2.75, 3.05) is 18.4 Å². The predicted octanol–water partition coefficient (Wildman–Crippen LogP) is 1.68. The van der Waals surface area contributed by atoms with Crippen molar-refractivity contribution in [1.29, 1.82) is 0 Å². The van der Waals surface area contributed by atoms with Gasteiger partial charge in [0.1, 0.15) is 5.82 Å². The van der Waals surface area contributed by atoms with Crippen molar-refractivity contribution in [3.8, 4) is 0 Å². The van der Waals surface area contributed by atoms with Gasteiger partial charge in [-0.05, 0) is 26.0 Å². The molecule has 0 aliphatic carbocycles. The second-order valence-electron chi connectivity index (χ2n) is 4.53. The van der Waals surface area contributed by atoms with E-state index in [-0.39, 0.29) is 17.1 Å². The number of nitrogens with one attached hydrogen (secondary N) is 2. The quantitative estimate of drug-likeness (QED) is 0.799. The van der Waals surface area contributed by atoms with E-state index in [1.165, 1.54) is 6.07 Å². The Morgan fingerprint density at radius 3 is 2.75 bits per heavy atom. The van der Waals surface area contributed by atoms with Crippen molar-refractivity contribution >= 4 is 11.6 Å². The fraction of sp³-hybridized carbons (Fsp3) is 0.417. The van der Waals surface area contributed by atoms with E-state index in [1.54, 1.807) is 19.1 Å². The summed E-state index contributed by atoms with van der Waals surface area (Å²) in [5.74, 6) is -0.352. The zero-order chi connectivity index (χ0) is 11.8. The maximum atomic E-state index is 13.3. The van der Waals surface area contributed by atoms with Gasteiger partial charge in [0.25, 0.3) is 0 Å². The number of halogens is 1. The van der Waals surface area contributed by atoms with E-state index in [2.05, 4.69) is 10.6 Å². The molecule has 0 spiro atoms. The molecule has 0 aromatic heterocycles. The van der Waals surface area contributed by atoms with Crippen LogP contribution in [0.1, 0.15) is 12.5 Å². The molecule has 0 atom stereocenters. The molecule has 2 rings (SSSR count). The van der Waals surface area contributed by atoms with Gasteiger partial charge in [-0.2, -0.15) is 0 Å². The number of rotatable bonds is 2. The van der Waals surface area contributed by atoms with Crippen LogP contribution in [-0.2, 0) is 4.79 Å². The minimum atomic E-state index is -0.362. The fourth-order valence-electron chi connectivity index (χ4n) is 1.68. The first-order chi connectivity index (χ1) is 7.53. The molecule has 1 aromatic rings. The van der Waals surface area contributed by atoms with Crippen LogP contribution < -0.4 is 10.6 Å². The highest BCUT2D eigenvalue weighted by Crippen LogP contribution is 2.25. The average molecular weight is 222 g/mol. The molecule has 1 amide bonds. The third kappa shape index (κ3) is 1.80. The van der Waals surface area contributed by atoms with Crippen LogP contribution in [0.2, 0.25) is 0 Å². The number of benzene rings is 1. The molecule has 1 aliphatic heterocycles. The Morgan fingerprint density at radius 1 is 1.50 bits per heavy atom. The molecule has 0 saturated carbocycles. The highest BCUT2D eigenvalue weighted by Gasteiger charge is 2.39. The number of amides is 1. The van der Waals surface area contributed by atoms with Crippen LogP contribution in [0.3, 0.4) is 0 Å². The lowest BCUT2D eigenvalue weighted by Crippen LogP contribution is -2.58. The summed E-state index contributed by atoms with van der Waals surface area (Å²) in [5.41, 5.74) is 0.670. The summed E-state index contributed by atoms with van der Waals surface area (Å²) in [7, 11) is 0. The van der Waals surface area contributed by atoms with Gasteiger partial charge < -0.3 is 10.6 Å². The standard InChI is InChI=1S/C12H15FN2O/c1-8-9(13)4-3-5-10(8)15-11(16)12(2)6-14-7-12/h3-5,14H,6-7H2,1-2H3,(H,15,16). The molecular formula is C12H15FN2O. The van der Waals surface area contributed by atoms with E-state index >= 15 is 0 Å². The minimum absolute atomic E-state index is 0.0556. The molecule has 0 bridgehead atoms. The Kier molecular flexibility index (Phi) is 2.68. The Hall–Kier alpha value is -1.42. The van der Waals surface area contributed by atoms with Gasteiger partial charge in [0.05, 0.1) is 5.41 Å². The van der Waals surface area contributed by atoms with Crippen molar-refractivity contribution in [2.24, 2.45) is 5.41 Å². The lowest BCUT2D eigenvalue weighted by Gasteiger charge is -2.37. The first-order valence-corrected chi connectivity index (χ1v) is 5.30. The monoisotopic (exact) mass is 222 g/mol. The lowest BCUT2D eigenvalue weighted by molar-refractivity contribution is -0.127. The number of hydrogen-bond acceptors (Lipinski definition) is 2. The molecule has 16 heavy (non-hydrogen) atoms. The summed E-state index contributed by atoms with van der Waals surface area (Å²) in [5, 5.41) is 5.83. The van der Waals surface area contributed by atoms with Gasteiger partial charge in [0, 0.05) is 24.3 Å². The summed E-state index contributed by atoms with van der Waals surface area (Å²) in [4.78, 5) is 11.9. The molecule has 1 aromatic carbocycles. The summed E-state index contributed by atoms with van der Waals surface area (Å²) < 4.78 is 13.3. The second kappa shape index (κ2) is 3.87. The van der Waals surface area contributed by atoms with Gasteiger partial charge in [-0.15, -0.1) is 0 Å². The van der Waals surface area contributed by atoms with Crippen molar-refractivity contribution < 1.29 is 9.18 Å². The number of carbonyl (C=O) groups excluding carboxylic acids is 1. The van der Waals surface area contributed by atoms with Crippen molar-refractivity contribution in [2.45, 2.75) is 13.8 Å². The molecule has 1 saturated heterocycles. The van der Waals surface area contributed by atoms with Gasteiger partial charge in [-0.1, -0.05) is 6.07 Å². The van der Waals surface area contributed by atoms with Gasteiger partial charge >= 0.3 is 0 Å². The van der Waals surface area contributed by atoms with E-state index in [9.17, 15) is 9.18 Å². The Labute approximate surface area is 94.0 Å². The molecule has 2 N–H and O–H groups in total. The van der Waals surface area contributed by atoms with E-state index in [4.69, 9.17) is 0 Å². The normalized spacial score (nSPS) is 17.7. The van der Waals surface area contributed by atoms with Gasteiger partial charge in [-0.25, -0.2) is 4.39 Å². The van der Waals surface area contributed by atoms with Gasteiger partial charge in [0.15, 0.2) is 0 Å². The van der Waals surface area contributed by atoms with Gasteiger partial charge in [0.2, 0.25) is 5.91 Å². The molecule has 0 radical (unpaired) electrons. The zero-order valence-electron chi connectivity index (χ0n) is 9.43. The molecule has 1 fully saturated rings. The molecular weight excluding hydrogens is 207 g/mol. The first-order valence-electron chi connectivity index (χ1n) is 5.30. The Morgan fingerprint density at radius 2 is 2.19 bits per heavy atom. The molecule has 0 unspecified atom stereocenters. The Bertz CT molecular complexity index is 427. The van der Waals surface area contributed by atoms with Crippen molar-refractivity contribution in [3.63, 3.8) is 0 Å². The van der Waals surface area contributed by atoms with Crippen molar-refractivity contribution in [1.82, 2.24) is 5.32 Å². The van der Waals surface area contributed by atoms with E-state index in [0.29, 0.717) is 24.3 Å². The second-order valence-corrected chi connectivity index (χ2v) is 4.53. The zero-order valence-corrected chi connectivity index (χ0v) is 9.43. The van der Waals surface area contributed by atoms with Crippen molar-refractivity contribution in [3.05, 3.63) is 29.6 Å². The summed E-state index contributed by atoms with van der Waals surface area (Å²) in [6, 6.07) is 4.70. The fourth-order valence-corrected chi connectivity index (χ4v) is 1.68. The average Bonchev–Trinajstić information content (AvgIpc) is 2.21. The van der Waals surface area contributed by atoms with Crippen LogP contribution in [0.15, 0.2) is 18.2 Å². The minimum Gasteiger partial charge on any atom is -0.325 e. The Balaban J connectivity index is 2.15. The number of carbonyl (C=O) groups is 1. The highest BCUT2D eigenvalue weighted by atomic mass is 19.1. The lowest BCUT2D eigenvalue weighted by atomic mass is 9.83. The summed E-state index contributed by atoms with van der Waals surface area (Å²) in [6.07, 6.45) is 0. The highest BCUT2D eigenvalue weighted by molar-refractivity contribution is 5.96. The molecule has 86 valence electrons. The summed E-state index contributed by atoms with van der Waals surface area (Å²) >= 11 is 0. The smallest absolute Gasteiger partial charge is 0.232 e. The molecule has 4 heteroatoms. The maximum absolute atomic E-state index is 13.3. The summed E-state index contributed by atoms with van der Waals surface area (Å²) in [6.45, 7) is 4.90. The van der Waals surface area contributed by atoms with E-state index in [1.807, 2.05) is 6.92 Å². The first kappa shape index (κ1) is 11.1. The van der Waals surface area contributed by atoms with E-state index in [0.717, 1.165) is 0 Å². The third-order valence-electron chi connectivity index (χ3n) is 3.09. The van der Waals surface area contributed by atoms with Crippen LogP contribution in [0.5, 0.6) is 0 Å². The van der Waals surface area contributed by atoms with Crippen LogP contribution >= 0.6 is 0 Å². The van der Waals surface area contributed by atoms with Crippen LogP contribution in [0, 0.1) is 18.2 Å². The largest absolute Gasteiger partial charge is 0.325 e. The third-order valence-corrected chi connectivity index (χ3v) is 3.09. The molecule has 3 nitrogen and oxygen atoms in total. The number of hydrogen-bond donors (Lipinski definition) is 2. The maximum Gasteiger partial charge on any atom is 0.232 e. The SMILES string of the molecule is Cc1c(F)cccc1NC(=O)C1(C)CNC1. The predicted molar refractivity (Wildman–Crippen MR) is 60.7 cm³/mol. The van der Waals surface area contributed by atoms with Crippen LogP contribution in [-0.4, -0.2) is 19.0 Å². The molecule has 1 heterocycles. The number of anilines is 1. The van der Waals surface area contributed by atoms with Gasteiger partial charge in [-0.3, -0.25) is 4.79 Å². The van der Waals surface area contributed by atoms with Crippen LogP contribution in [0.4, 0.5) is 10.1 Å². The molecule has 1 aliphatic rings. The van der Waals surface area contributed by atoms with E-state index < -0.39 is 0 Å². The van der Waals surface area contributed by atoms with Crippen LogP contribution in [0.25, 0.3) is 0 Å².